The minimum Gasteiger partial charge on any atom is -0.310 e. The van der Waals surface area contributed by atoms with Gasteiger partial charge in [0, 0.05) is 57.4 Å². The van der Waals surface area contributed by atoms with Crippen molar-refractivity contribution < 1.29 is 0 Å². The van der Waals surface area contributed by atoms with Crippen LogP contribution in [0.4, 0.5) is 17.1 Å². The number of thiophene rings is 2. The molecule has 0 fully saturated rings. The summed E-state index contributed by atoms with van der Waals surface area (Å²) in [6.45, 7) is 0. The molecule has 0 unspecified atom stereocenters. The normalized spacial score (nSPS) is 11.6. The van der Waals surface area contributed by atoms with Gasteiger partial charge in [0.1, 0.15) is 0 Å². The van der Waals surface area contributed by atoms with Crippen LogP contribution in [0.2, 0.25) is 0 Å². The maximum atomic E-state index is 2.41. The molecule has 0 saturated carbocycles. The summed E-state index contributed by atoms with van der Waals surface area (Å²) < 4.78 is 5.25. The maximum Gasteiger partial charge on any atom is 0.0476 e. The highest BCUT2D eigenvalue weighted by Crippen LogP contribution is 2.43. The molecule has 0 spiro atoms. The standard InChI is InChI=1S/C52H33NS2/c1-2-9-38-31-41(21-20-34(38)8-1)40-11-7-10-39(30-40)37-18-16-35(17-19-37)36-22-24-42(25-23-36)53(43-27-29-51-48(32-43)46-13-4-6-15-50(46)54-51)44-26-28-47-45-12-3-5-14-49(45)55-52(47)33-44/h1-33H. The van der Waals surface area contributed by atoms with Crippen molar-refractivity contribution in [2.75, 3.05) is 4.90 Å². The first-order valence-corrected chi connectivity index (χ1v) is 20.3. The Labute approximate surface area is 327 Å². The molecule has 55 heavy (non-hydrogen) atoms. The molecule has 0 aliphatic rings. The molecule has 0 aliphatic heterocycles. The van der Waals surface area contributed by atoms with Crippen LogP contribution in [0.3, 0.4) is 0 Å². The summed E-state index contributed by atoms with van der Waals surface area (Å²) in [5, 5.41) is 7.76. The van der Waals surface area contributed by atoms with Crippen LogP contribution in [0, 0.1) is 0 Å². The number of nitrogens with zero attached hydrogens (tertiary/aromatic N) is 1. The van der Waals surface area contributed by atoms with E-state index in [-0.39, 0.29) is 0 Å². The van der Waals surface area contributed by atoms with Crippen molar-refractivity contribution in [2.45, 2.75) is 0 Å². The van der Waals surface area contributed by atoms with E-state index in [2.05, 4.69) is 205 Å². The van der Waals surface area contributed by atoms with Gasteiger partial charge in [-0.3, -0.25) is 0 Å². The molecule has 11 rings (SSSR count). The van der Waals surface area contributed by atoms with Gasteiger partial charge in [-0.2, -0.15) is 0 Å². The van der Waals surface area contributed by atoms with Gasteiger partial charge >= 0.3 is 0 Å². The maximum absolute atomic E-state index is 2.41. The van der Waals surface area contributed by atoms with E-state index in [1.807, 2.05) is 22.7 Å². The van der Waals surface area contributed by atoms with Gasteiger partial charge in [0.15, 0.2) is 0 Å². The zero-order valence-electron chi connectivity index (χ0n) is 29.8. The third-order valence-electron chi connectivity index (χ3n) is 10.9. The smallest absolute Gasteiger partial charge is 0.0476 e. The first-order valence-electron chi connectivity index (χ1n) is 18.6. The minimum absolute atomic E-state index is 1.13. The lowest BCUT2D eigenvalue weighted by molar-refractivity contribution is 1.30. The van der Waals surface area contributed by atoms with Gasteiger partial charge < -0.3 is 4.90 Å². The quantitative estimate of drug-likeness (QED) is 0.164. The van der Waals surface area contributed by atoms with Crippen molar-refractivity contribution in [3.05, 3.63) is 200 Å². The molecule has 258 valence electrons. The van der Waals surface area contributed by atoms with Gasteiger partial charge in [-0.15, -0.1) is 22.7 Å². The largest absolute Gasteiger partial charge is 0.310 e. The molecule has 0 bridgehead atoms. The van der Waals surface area contributed by atoms with E-state index in [4.69, 9.17) is 0 Å². The van der Waals surface area contributed by atoms with E-state index in [0.717, 1.165) is 17.1 Å². The van der Waals surface area contributed by atoms with Gasteiger partial charge in [0.05, 0.1) is 0 Å². The summed E-state index contributed by atoms with van der Waals surface area (Å²) in [7, 11) is 0. The molecule has 3 heteroatoms. The molecular formula is C52H33NS2. The van der Waals surface area contributed by atoms with E-state index >= 15 is 0 Å². The predicted molar refractivity (Wildman–Crippen MR) is 241 cm³/mol. The van der Waals surface area contributed by atoms with Crippen molar-refractivity contribution in [1.82, 2.24) is 0 Å². The number of rotatable bonds is 6. The highest BCUT2D eigenvalue weighted by molar-refractivity contribution is 7.26. The molecule has 0 radical (unpaired) electrons. The topological polar surface area (TPSA) is 3.24 Å². The van der Waals surface area contributed by atoms with Crippen LogP contribution in [-0.2, 0) is 0 Å². The lowest BCUT2D eigenvalue weighted by atomic mass is 9.96. The minimum atomic E-state index is 1.13. The fourth-order valence-electron chi connectivity index (χ4n) is 8.06. The third-order valence-corrected chi connectivity index (χ3v) is 13.1. The van der Waals surface area contributed by atoms with Crippen LogP contribution in [0.1, 0.15) is 0 Å². The monoisotopic (exact) mass is 735 g/mol. The summed E-state index contributed by atoms with van der Waals surface area (Å²) in [6, 6.07) is 73.5. The van der Waals surface area contributed by atoms with Crippen molar-refractivity contribution in [2.24, 2.45) is 0 Å². The summed E-state index contributed by atoms with van der Waals surface area (Å²) in [6.07, 6.45) is 0. The Hall–Kier alpha value is -6.52. The van der Waals surface area contributed by atoms with E-state index in [1.165, 1.54) is 84.5 Å². The molecule has 9 aromatic carbocycles. The van der Waals surface area contributed by atoms with Gasteiger partial charge in [-0.25, -0.2) is 0 Å². The van der Waals surface area contributed by atoms with Crippen LogP contribution in [0.5, 0.6) is 0 Å². The first kappa shape index (κ1) is 32.0. The van der Waals surface area contributed by atoms with Crippen LogP contribution < -0.4 is 4.90 Å². The molecule has 0 amide bonds. The molecule has 0 N–H and O–H groups in total. The first-order chi connectivity index (χ1) is 27.2. The van der Waals surface area contributed by atoms with Crippen molar-refractivity contribution in [1.29, 1.82) is 0 Å². The Kier molecular flexibility index (Phi) is 7.61. The average Bonchev–Trinajstić information content (AvgIpc) is 3.82. The van der Waals surface area contributed by atoms with Crippen molar-refractivity contribution >= 4 is 90.9 Å². The third kappa shape index (κ3) is 5.68. The molecule has 1 nitrogen and oxygen atoms in total. The average molecular weight is 736 g/mol. The fourth-order valence-corrected chi connectivity index (χ4v) is 10.3. The molecular weight excluding hydrogens is 703 g/mol. The summed E-state index contributed by atoms with van der Waals surface area (Å²) in [5.41, 5.74) is 10.7. The second-order valence-electron chi connectivity index (χ2n) is 14.2. The van der Waals surface area contributed by atoms with Gasteiger partial charge in [0.25, 0.3) is 0 Å². The number of benzene rings is 9. The number of anilines is 3. The van der Waals surface area contributed by atoms with E-state index < -0.39 is 0 Å². The zero-order valence-corrected chi connectivity index (χ0v) is 31.4. The van der Waals surface area contributed by atoms with Gasteiger partial charge in [0.2, 0.25) is 0 Å². The summed E-state index contributed by atoms with van der Waals surface area (Å²) in [5.74, 6) is 0. The predicted octanol–water partition coefficient (Wildman–Crippen LogP) is 16.0. The van der Waals surface area contributed by atoms with E-state index in [0.29, 0.717) is 0 Å². The Morgan fingerprint density at radius 1 is 0.255 bits per heavy atom. The van der Waals surface area contributed by atoms with Crippen LogP contribution >= 0.6 is 22.7 Å². The highest BCUT2D eigenvalue weighted by atomic mass is 32.1. The molecule has 0 aliphatic carbocycles. The Morgan fingerprint density at radius 2 is 0.745 bits per heavy atom. The Balaban J connectivity index is 0.942. The second kappa shape index (κ2) is 13.1. The van der Waals surface area contributed by atoms with Crippen LogP contribution in [0.15, 0.2) is 200 Å². The van der Waals surface area contributed by atoms with Crippen molar-refractivity contribution in [3.63, 3.8) is 0 Å². The molecule has 11 aromatic rings. The second-order valence-corrected chi connectivity index (χ2v) is 16.3. The van der Waals surface area contributed by atoms with Gasteiger partial charge in [-0.1, -0.05) is 133 Å². The SMILES string of the molecule is c1cc(-c2ccc(-c3ccc(N(c4ccc5c(c4)sc4ccccc45)c4ccc5sc6ccccc6c5c4)cc3)cc2)cc(-c2ccc3ccccc3c2)c1. The molecule has 2 aromatic heterocycles. The summed E-state index contributed by atoms with van der Waals surface area (Å²) in [4.78, 5) is 2.41. The number of hydrogen-bond acceptors (Lipinski definition) is 3. The molecule has 0 saturated heterocycles. The number of hydrogen-bond donors (Lipinski definition) is 0. The Morgan fingerprint density at radius 3 is 1.51 bits per heavy atom. The fraction of sp³-hybridized carbons (Fsp3) is 0. The lowest BCUT2D eigenvalue weighted by Crippen LogP contribution is -2.09. The van der Waals surface area contributed by atoms with Crippen LogP contribution in [-0.4, -0.2) is 0 Å². The number of fused-ring (bicyclic) bond motifs is 7. The lowest BCUT2D eigenvalue weighted by Gasteiger charge is -2.26. The van der Waals surface area contributed by atoms with Gasteiger partial charge in [-0.05, 0) is 111 Å². The Bertz CT molecular complexity index is 3200. The van der Waals surface area contributed by atoms with E-state index in [9.17, 15) is 0 Å². The molecule has 0 atom stereocenters. The zero-order chi connectivity index (χ0) is 36.3. The molecule has 2 heterocycles. The van der Waals surface area contributed by atoms with E-state index in [1.54, 1.807) is 0 Å². The van der Waals surface area contributed by atoms with Crippen LogP contribution in [0.25, 0.3) is 84.5 Å². The van der Waals surface area contributed by atoms with Crippen molar-refractivity contribution in [3.8, 4) is 33.4 Å². The summed E-state index contributed by atoms with van der Waals surface area (Å²) >= 11 is 3.72. The highest BCUT2D eigenvalue weighted by Gasteiger charge is 2.17.